The lowest BCUT2D eigenvalue weighted by atomic mass is 10.1. The Kier molecular flexibility index (Phi) is 3.46. The van der Waals surface area contributed by atoms with Gasteiger partial charge in [-0.3, -0.25) is 0 Å². The Morgan fingerprint density at radius 1 is 1.11 bits per heavy atom. The molecule has 3 rings (SSSR count). The second-order valence-corrected chi connectivity index (χ2v) is 5.78. The quantitative estimate of drug-likeness (QED) is 0.919. The monoisotopic (exact) mass is 318 g/mol. The standard InChI is InChI=1S/C14H15BrN4/c15-11-7-3-6-10(8-11)13-17-12(18-14(16)19-13)9-4-1-2-5-9/h3,6-9H,1-2,4-5H2,(H2,16,17,18,19). The van der Waals surface area contributed by atoms with Gasteiger partial charge in [0.15, 0.2) is 5.82 Å². The number of nitrogen functional groups attached to an aromatic ring is 1. The van der Waals surface area contributed by atoms with Crippen LogP contribution in [-0.4, -0.2) is 15.0 Å². The Morgan fingerprint density at radius 3 is 2.63 bits per heavy atom. The Bertz CT molecular complexity index is 594. The van der Waals surface area contributed by atoms with Crippen molar-refractivity contribution in [3.05, 3.63) is 34.6 Å². The minimum Gasteiger partial charge on any atom is -0.368 e. The van der Waals surface area contributed by atoms with Gasteiger partial charge in [-0.1, -0.05) is 40.9 Å². The van der Waals surface area contributed by atoms with E-state index in [1.165, 1.54) is 12.8 Å². The molecule has 1 aliphatic carbocycles. The number of nitrogens with two attached hydrogens (primary N) is 1. The second-order valence-electron chi connectivity index (χ2n) is 4.87. The van der Waals surface area contributed by atoms with Crippen LogP contribution in [0.4, 0.5) is 5.95 Å². The molecule has 1 heterocycles. The second kappa shape index (κ2) is 5.25. The van der Waals surface area contributed by atoms with E-state index in [9.17, 15) is 0 Å². The molecule has 2 N–H and O–H groups in total. The van der Waals surface area contributed by atoms with Crippen molar-refractivity contribution < 1.29 is 0 Å². The van der Waals surface area contributed by atoms with Gasteiger partial charge in [-0.15, -0.1) is 0 Å². The third-order valence-electron chi connectivity index (χ3n) is 3.47. The molecule has 0 atom stereocenters. The molecule has 0 unspecified atom stereocenters. The van der Waals surface area contributed by atoms with Crippen molar-refractivity contribution in [1.82, 2.24) is 15.0 Å². The van der Waals surface area contributed by atoms with Crippen LogP contribution in [0.5, 0.6) is 0 Å². The molecule has 0 aliphatic heterocycles. The first-order valence-electron chi connectivity index (χ1n) is 6.50. The van der Waals surface area contributed by atoms with Crippen molar-refractivity contribution in [3.8, 4) is 11.4 Å². The smallest absolute Gasteiger partial charge is 0.223 e. The van der Waals surface area contributed by atoms with E-state index in [1.54, 1.807) is 0 Å². The molecule has 0 saturated heterocycles. The molecule has 98 valence electrons. The number of anilines is 1. The van der Waals surface area contributed by atoms with Gasteiger partial charge in [-0.05, 0) is 25.0 Å². The van der Waals surface area contributed by atoms with Gasteiger partial charge in [0.2, 0.25) is 5.95 Å². The highest BCUT2D eigenvalue weighted by Crippen LogP contribution is 2.33. The first kappa shape index (κ1) is 12.5. The number of hydrogen-bond acceptors (Lipinski definition) is 4. The first-order valence-corrected chi connectivity index (χ1v) is 7.29. The van der Waals surface area contributed by atoms with Crippen LogP contribution >= 0.6 is 15.9 Å². The highest BCUT2D eigenvalue weighted by atomic mass is 79.9. The molecule has 0 amide bonds. The molecule has 0 bridgehead atoms. The normalized spacial score (nSPS) is 15.8. The van der Waals surface area contributed by atoms with Gasteiger partial charge in [-0.2, -0.15) is 9.97 Å². The minimum atomic E-state index is 0.312. The van der Waals surface area contributed by atoms with Crippen LogP contribution in [-0.2, 0) is 0 Å². The third-order valence-corrected chi connectivity index (χ3v) is 3.97. The van der Waals surface area contributed by atoms with Gasteiger partial charge in [0.05, 0.1) is 0 Å². The predicted molar refractivity (Wildman–Crippen MR) is 78.6 cm³/mol. The Hall–Kier alpha value is -1.49. The van der Waals surface area contributed by atoms with Crippen LogP contribution in [0.25, 0.3) is 11.4 Å². The van der Waals surface area contributed by atoms with Crippen LogP contribution in [0.15, 0.2) is 28.7 Å². The highest BCUT2D eigenvalue weighted by Gasteiger charge is 2.21. The maximum absolute atomic E-state index is 5.83. The fourth-order valence-electron chi connectivity index (χ4n) is 2.53. The lowest BCUT2D eigenvalue weighted by molar-refractivity contribution is 0.665. The molecule has 0 radical (unpaired) electrons. The Labute approximate surface area is 120 Å². The van der Waals surface area contributed by atoms with Crippen LogP contribution in [0.2, 0.25) is 0 Å². The van der Waals surface area contributed by atoms with E-state index in [2.05, 4.69) is 30.9 Å². The van der Waals surface area contributed by atoms with Crippen LogP contribution < -0.4 is 5.73 Å². The number of hydrogen-bond donors (Lipinski definition) is 1. The molecule has 1 aliphatic rings. The molecule has 2 aromatic rings. The van der Waals surface area contributed by atoms with Crippen molar-refractivity contribution in [2.75, 3.05) is 5.73 Å². The van der Waals surface area contributed by atoms with Gasteiger partial charge in [0, 0.05) is 16.0 Å². The number of benzene rings is 1. The zero-order chi connectivity index (χ0) is 13.2. The summed E-state index contributed by atoms with van der Waals surface area (Å²) in [6, 6.07) is 7.92. The van der Waals surface area contributed by atoms with Crippen molar-refractivity contribution in [2.24, 2.45) is 0 Å². The average Bonchev–Trinajstić information content (AvgIpc) is 2.92. The fourth-order valence-corrected chi connectivity index (χ4v) is 2.93. The highest BCUT2D eigenvalue weighted by molar-refractivity contribution is 9.10. The van der Waals surface area contributed by atoms with Crippen molar-refractivity contribution >= 4 is 21.9 Å². The topological polar surface area (TPSA) is 64.7 Å². The Balaban J connectivity index is 2.01. The fraction of sp³-hybridized carbons (Fsp3) is 0.357. The SMILES string of the molecule is Nc1nc(-c2cccc(Br)c2)nc(C2CCCC2)n1. The van der Waals surface area contributed by atoms with Crippen molar-refractivity contribution in [3.63, 3.8) is 0 Å². The summed E-state index contributed by atoms with van der Waals surface area (Å²) in [7, 11) is 0. The summed E-state index contributed by atoms with van der Waals surface area (Å²) in [5, 5.41) is 0. The lowest BCUT2D eigenvalue weighted by Crippen LogP contribution is -2.07. The summed E-state index contributed by atoms with van der Waals surface area (Å²) in [6.07, 6.45) is 4.81. The van der Waals surface area contributed by atoms with E-state index >= 15 is 0 Å². The molecule has 4 nitrogen and oxygen atoms in total. The summed E-state index contributed by atoms with van der Waals surface area (Å²) in [4.78, 5) is 13.2. The Morgan fingerprint density at radius 2 is 1.89 bits per heavy atom. The average molecular weight is 319 g/mol. The van der Waals surface area contributed by atoms with E-state index in [1.807, 2.05) is 24.3 Å². The number of nitrogens with zero attached hydrogens (tertiary/aromatic N) is 3. The van der Waals surface area contributed by atoms with Crippen molar-refractivity contribution in [1.29, 1.82) is 0 Å². The molecular formula is C14H15BrN4. The summed E-state index contributed by atoms with van der Waals surface area (Å²) in [6.45, 7) is 0. The van der Waals surface area contributed by atoms with Gasteiger partial charge in [0.1, 0.15) is 5.82 Å². The number of aromatic nitrogens is 3. The zero-order valence-electron chi connectivity index (χ0n) is 10.5. The predicted octanol–water partition coefficient (Wildman–Crippen LogP) is 3.54. The summed E-state index contributed by atoms with van der Waals surface area (Å²) >= 11 is 3.46. The lowest BCUT2D eigenvalue weighted by Gasteiger charge is -2.09. The first-order chi connectivity index (χ1) is 9.22. The molecule has 1 aromatic carbocycles. The van der Waals surface area contributed by atoms with E-state index in [4.69, 9.17) is 5.73 Å². The largest absolute Gasteiger partial charge is 0.368 e. The van der Waals surface area contributed by atoms with E-state index in [-0.39, 0.29) is 0 Å². The molecule has 19 heavy (non-hydrogen) atoms. The molecule has 1 aromatic heterocycles. The molecule has 1 saturated carbocycles. The number of rotatable bonds is 2. The van der Waals surface area contributed by atoms with E-state index < -0.39 is 0 Å². The summed E-state index contributed by atoms with van der Waals surface area (Å²) in [5.74, 6) is 2.26. The van der Waals surface area contributed by atoms with Gasteiger partial charge in [-0.25, -0.2) is 4.98 Å². The maximum atomic E-state index is 5.83. The summed E-state index contributed by atoms with van der Waals surface area (Å²) < 4.78 is 1.01. The van der Waals surface area contributed by atoms with E-state index in [0.717, 1.165) is 28.7 Å². The van der Waals surface area contributed by atoms with Crippen LogP contribution in [0, 0.1) is 0 Å². The molecular weight excluding hydrogens is 304 g/mol. The minimum absolute atomic E-state index is 0.312. The van der Waals surface area contributed by atoms with E-state index in [0.29, 0.717) is 17.7 Å². The van der Waals surface area contributed by atoms with Gasteiger partial charge < -0.3 is 5.73 Å². The summed E-state index contributed by atoms with van der Waals surface area (Å²) in [5.41, 5.74) is 6.79. The molecule has 5 heteroatoms. The van der Waals surface area contributed by atoms with Crippen LogP contribution in [0.1, 0.15) is 37.4 Å². The van der Waals surface area contributed by atoms with Crippen LogP contribution in [0.3, 0.4) is 0 Å². The third kappa shape index (κ3) is 2.76. The van der Waals surface area contributed by atoms with Gasteiger partial charge in [0.25, 0.3) is 0 Å². The van der Waals surface area contributed by atoms with Gasteiger partial charge >= 0.3 is 0 Å². The molecule has 1 fully saturated rings. The molecule has 0 spiro atoms. The van der Waals surface area contributed by atoms with Crippen molar-refractivity contribution in [2.45, 2.75) is 31.6 Å². The number of halogens is 1. The zero-order valence-corrected chi connectivity index (χ0v) is 12.1. The maximum Gasteiger partial charge on any atom is 0.223 e.